The van der Waals surface area contributed by atoms with Crippen LogP contribution in [0.5, 0.6) is 0 Å². The highest BCUT2D eigenvalue weighted by molar-refractivity contribution is 5.75. The average Bonchev–Trinajstić information content (AvgIpc) is 2.61. The average molecular weight is 346 g/mol. The molecule has 6 nitrogen and oxygen atoms in total. The monoisotopic (exact) mass is 346 g/mol. The van der Waals surface area contributed by atoms with Crippen molar-refractivity contribution in [3.8, 4) is 0 Å². The van der Waals surface area contributed by atoms with Crippen LogP contribution in [0.15, 0.2) is 24.5 Å². The summed E-state index contributed by atoms with van der Waals surface area (Å²) in [6.45, 7) is 4.32. The zero-order chi connectivity index (χ0) is 17.7. The number of hydrogen-bond donors (Lipinski definition) is 3. The number of aromatic nitrogens is 1. The highest BCUT2D eigenvalue weighted by Crippen LogP contribution is 2.34. The van der Waals surface area contributed by atoms with Crippen LogP contribution in [-0.4, -0.2) is 52.3 Å². The molecule has 2 aliphatic rings. The first-order valence-corrected chi connectivity index (χ1v) is 9.45. The molecule has 1 aromatic rings. The Hall–Kier alpha value is -1.66. The van der Waals surface area contributed by atoms with Crippen LogP contribution in [0.1, 0.15) is 57.1 Å². The summed E-state index contributed by atoms with van der Waals surface area (Å²) in [6, 6.07) is 4.67. The molecule has 6 heteroatoms. The number of aliphatic hydroxyl groups excluding tert-OH is 1. The lowest BCUT2D eigenvalue weighted by atomic mass is 9.74. The molecule has 1 saturated carbocycles. The fourth-order valence-electron chi connectivity index (χ4n) is 4.00. The van der Waals surface area contributed by atoms with E-state index in [1.807, 2.05) is 12.4 Å². The van der Waals surface area contributed by atoms with Gasteiger partial charge in [-0.05, 0) is 63.1 Å². The molecule has 0 bridgehead atoms. The van der Waals surface area contributed by atoms with Crippen LogP contribution in [0.3, 0.4) is 0 Å². The summed E-state index contributed by atoms with van der Waals surface area (Å²) in [7, 11) is 0. The van der Waals surface area contributed by atoms with Crippen molar-refractivity contribution in [3.05, 3.63) is 30.1 Å². The van der Waals surface area contributed by atoms with Crippen LogP contribution < -0.4 is 10.6 Å². The third-order valence-electron chi connectivity index (χ3n) is 5.88. The van der Waals surface area contributed by atoms with E-state index < -0.39 is 0 Å². The van der Waals surface area contributed by atoms with Gasteiger partial charge in [-0.25, -0.2) is 4.79 Å². The molecule has 1 saturated heterocycles. The van der Waals surface area contributed by atoms with Gasteiger partial charge in [0.15, 0.2) is 0 Å². The van der Waals surface area contributed by atoms with E-state index in [-0.39, 0.29) is 24.2 Å². The van der Waals surface area contributed by atoms with Crippen LogP contribution >= 0.6 is 0 Å². The summed E-state index contributed by atoms with van der Waals surface area (Å²) in [5.74, 6) is 0. The van der Waals surface area contributed by atoms with Gasteiger partial charge < -0.3 is 15.7 Å². The fraction of sp³-hybridized carbons (Fsp3) is 0.684. The molecule has 2 fully saturated rings. The second kappa shape index (κ2) is 8.15. The number of likely N-dealkylation sites (tertiary alicyclic amines) is 1. The molecular weight excluding hydrogens is 316 g/mol. The van der Waals surface area contributed by atoms with E-state index in [1.54, 1.807) is 0 Å². The molecule has 0 radical (unpaired) electrons. The fourth-order valence-corrected chi connectivity index (χ4v) is 4.00. The van der Waals surface area contributed by atoms with Crippen molar-refractivity contribution in [1.82, 2.24) is 20.5 Å². The molecule has 3 rings (SSSR count). The molecule has 0 spiro atoms. The Balaban J connectivity index is 1.44. The number of amides is 2. The Morgan fingerprint density at radius 2 is 2.04 bits per heavy atom. The molecule has 2 heterocycles. The van der Waals surface area contributed by atoms with E-state index in [2.05, 4.69) is 39.6 Å². The minimum atomic E-state index is -0.171. The standard InChI is InChI=1S/C19H30N4O2/c1-15(16-3-10-20-11-4-16)23-12-5-17(6-13-23)21-18(25)22-19(9-14-24)7-2-8-19/h3-4,10-11,15,17,24H,2,5-9,12-14H2,1H3,(H2,21,22,25)/t15-/m0/s1. The highest BCUT2D eigenvalue weighted by atomic mass is 16.3. The van der Waals surface area contributed by atoms with Gasteiger partial charge in [-0.2, -0.15) is 0 Å². The summed E-state index contributed by atoms with van der Waals surface area (Å²) < 4.78 is 0. The number of nitrogens with zero attached hydrogens (tertiary/aromatic N) is 2. The maximum atomic E-state index is 12.3. The van der Waals surface area contributed by atoms with Gasteiger partial charge >= 0.3 is 6.03 Å². The first kappa shape index (κ1) is 18.1. The number of nitrogens with one attached hydrogen (secondary N) is 2. The number of carbonyl (C=O) groups excluding carboxylic acids is 1. The molecule has 25 heavy (non-hydrogen) atoms. The van der Waals surface area contributed by atoms with Gasteiger partial charge in [-0.1, -0.05) is 0 Å². The van der Waals surface area contributed by atoms with E-state index in [0.717, 1.165) is 45.2 Å². The number of pyridine rings is 1. The van der Waals surface area contributed by atoms with Gasteiger partial charge in [0, 0.05) is 49.7 Å². The van der Waals surface area contributed by atoms with Gasteiger partial charge in [0.1, 0.15) is 0 Å². The zero-order valence-electron chi connectivity index (χ0n) is 15.1. The van der Waals surface area contributed by atoms with Crippen molar-refractivity contribution in [2.75, 3.05) is 19.7 Å². The third-order valence-corrected chi connectivity index (χ3v) is 5.88. The van der Waals surface area contributed by atoms with E-state index in [9.17, 15) is 9.90 Å². The second-order valence-corrected chi connectivity index (χ2v) is 7.47. The molecule has 2 amide bonds. The highest BCUT2D eigenvalue weighted by Gasteiger charge is 2.38. The van der Waals surface area contributed by atoms with Crippen molar-refractivity contribution in [3.63, 3.8) is 0 Å². The predicted molar refractivity (Wildman–Crippen MR) is 97.2 cm³/mol. The molecular formula is C19H30N4O2. The molecule has 1 aromatic heterocycles. The molecule has 0 unspecified atom stereocenters. The maximum absolute atomic E-state index is 12.3. The SMILES string of the molecule is C[C@@H](c1ccncc1)N1CCC(NC(=O)NC2(CCO)CCC2)CC1. The van der Waals surface area contributed by atoms with Crippen molar-refractivity contribution in [2.45, 2.75) is 63.1 Å². The predicted octanol–water partition coefficient (Wildman–Crippen LogP) is 2.21. The Morgan fingerprint density at radius 1 is 1.36 bits per heavy atom. The Bertz CT molecular complexity index is 554. The first-order chi connectivity index (χ1) is 12.1. The van der Waals surface area contributed by atoms with Crippen LogP contribution in [0.4, 0.5) is 4.79 Å². The molecule has 0 aromatic carbocycles. The van der Waals surface area contributed by atoms with Gasteiger partial charge in [0.25, 0.3) is 0 Å². The zero-order valence-corrected chi connectivity index (χ0v) is 15.1. The smallest absolute Gasteiger partial charge is 0.315 e. The third kappa shape index (κ3) is 4.50. The van der Waals surface area contributed by atoms with E-state index in [0.29, 0.717) is 12.5 Å². The van der Waals surface area contributed by atoms with Crippen LogP contribution in [0, 0.1) is 0 Å². The summed E-state index contributed by atoms with van der Waals surface area (Å²) in [5, 5.41) is 15.4. The first-order valence-electron chi connectivity index (χ1n) is 9.45. The van der Waals surface area contributed by atoms with Crippen LogP contribution in [0.25, 0.3) is 0 Å². The van der Waals surface area contributed by atoms with E-state index >= 15 is 0 Å². The van der Waals surface area contributed by atoms with Crippen molar-refractivity contribution >= 4 is 6.03 Å². The molecule has 1 aliphatic carbocycles. The second-order valence-electron chi connectivity index (χ2n) is 7.47. The van der Waals surface area contributed by atoms with E-state index in [4.69, 9.17) is 0 Å². The minimum Gasteiger partial charge on any atom is -0.396 e. The van der Waals surface area contributed by atoms with Gasteiger partial charge in [0.2, 0.25) is 0 Å². The lowest BCUT2D eigenvalue weighted by molar-refractivity contribution is 0.128. The van der Waals surface area contributed by atoms with Crippen molar-refractivity contribution in [1.29, 1.82) is 0 Å². The van der Waals surface area contributed by atoms with Gasteiger partial charge in [-0.15, -0.1) is 0 Å². The lowest BCUT2D eigenvalue weighted by Crippen LogP contribution is -2.58. The lowest BCUT2D eigenvalue weighted by Gasteiger charge is -2.43. The number of hydrogen-bond acceptors (Lipinski definition) is 4. The summed E-state index contributed by atoms with van der Waals surface area (Å²) in [4.78, 5) is 18.9. The van der Waals surface area contributed by atoms with E-state index in [1.165, 1.54) is 5.56 Å². The van der Waals surface area contributed by atoms with Gasteiger partial charge in [0.05, 0.1) is 0 Å². The number of urea groups is 1. The molecule has 1 aliphatic heterocycles. The largest absolute Gasteiger partial charge is 0.396 e. The molecule has 138 valence electrons. The normalized spacial score (nSPS) is 22.0. The van der Waals surface area contributed by atoms with Gasteiger partial charge in [-0.3, -0.25) is 9.88 Å². The minimum absolute atomic E-state index is 0.0752. The Kier molecular flexibility index (Phi) is 5.91. The molecule has 1 atom stereocenters. The topological polar surface area (TPSA) is 77.5 Å². The Labute approximate surface area is 150 Å². The van der Waals surface area contributed by atoms with Crippen molar-refractivity contribution < 1.29 is 9.90 Å². The number of piperidine rings is 1. The van der Waals surface area contributed by atoms with Crippen LogP contribution in [-0.2, 0) is 0 Å². The molecule has 3 N–H and O–H groups in total. The maximum Gasteiger partial charge on any atom is 0.315 e. The Morgan fingerprint density at radius 3 is 2.60 bits per heavy atom. The summed E-state index contributed by atoms with van der Waals surface area (Å²) in [5.41, 5.74) is 1.12. The number of carbonyl (C=O) groups is 1. The summed E-state index contributed by atoms with van der Waals surface area (Å²) in [6.07, 6.45) is 9.35. The quantitative estimate of drug-likeness (QED) is 0.738. The van der Waals surface area contributed by atoms with Crippen molar-refractivity contribution in [2.24, 2.45) is 0 Å². The van der Waals surface area contributed by atoms with Crippen LogP contribution in [0.2, 0.25) is 0 Å². The number of rotatable bonds is 6. The number of aliphatic hydroxyl groups is 1. The summed E-state index contributed by atoms with van der Waals surface area (Å²) >= 11 is 0.